The number of guanidine groups is 1. The van der Waals surface area contributed by atoms with E-state index in [9.17, 15) is 0 Å². The molecule has 4 nitrogen and oxygen atoms in total. The van der Waals surface area contributed by atoms with Gasteiger partial charge in [0.15, 0.2) is 5.96 Å². The molecule has 0 unspecified atom stereocenters. The van der Waals surface area contributed by atoms with Crippen LogP contribution in [0.15, 0.2) is 29.3 Å². The monoisotopic (exact) mass is 505 g/mol. The first-order valence-electron chi connectivity index (χ1n) is 9.96. The van der Waals surface area contributed by atoms with Crippen molar-refractivity contribution in [2.24, 2.45) is 10.9 Å². The first-order valence-corrected chi connectivity index (χ1v) is 10.3. The average Bonchev–Trinajstić information content (AvgIpc) is 3.45. The van der Waals surface area contributed by atoms with Crippen molar-refractivity contribution >= 4 is 41.5 Å². The molecule has 0 spiro atoms. The standard InChI is InChI=1S/C21H32ClN3O.HI/c1-3-23-20(25(2)13-8-17-9-14-26-15-10-17)24-16-21(11-12-21)18-4-6-19(22)7-5-18;/h4-7,17H,3,8-16H2,1-2H3,(H,23,24);1H. The van der Waals surface area contributed by atoms with Crippen molar-refractivity contribution in [3.63, 3.8) is 0 Å². The van der Waals surface area contributed by atoms with Crippen molar-refractivity contribution < 1.29 is 4.74 Å². The predicted molar refractivity (Wildman–Crippen MR) is 125 cm³/mol. The summed E-state index contributed by atoms with van der Waals surface area (Å²) >= 11 is 6.04. The van der Waals surface area contributed by atoms with E-state index in [1.54, 1.807) is 0 Å². The summed E-state index contributed by atoms with van der Waals surface area (Å²) in [6, 6.07) is 8.30. The fourth-order valence-corrected chi connectivity index (χ4v) is 3.83. The predicted octanol–water partition coefficient (Wildman–Crippen LogP) is 4.70. The van der Waals surface area contributed by atoms with Crippen LogP contribution in [0.1, 0.15) is 44.6 Å². The van der Waals surface area contributed by atoms with Crippen LogP contribution in [0, 0.1) is 5.92 Å². The van der Waals surface area contributed by atoms with Crippen molar-refractivity contribution in [1.29, 1.82) is 0 Å². The molecule has 152 valence electrons. The van der Waals surface area contributed by atoms with Gasteiger partial charge in [0.2, 0.25) is 0 Å². The van der Waals surface area contributed by atoms with E-state index in [1.165, 1.54) is 37.7 Å². The summed E-state index contributed by atoms with van der Waals surface area (Å²) in [6.07, 6.45) is 6.03. The summed E-state index contributed by atoms with van der Waals surface area (Å²) in [7, 11) is 2.16. The van der Waals surface area contributed by atoms with Gasteiger partial charge in [0.1, 0.15) is 0 Å². The molecule has 0 aromatic heterocycles. The number of ether oxygens (including phenoxy) is 1. The van der Waals surface area contributed by atoms with Gasteiger partial charge >= 0.3 is 0 Å². The molecular formula is C21H33ClIN3O. The molecule has 1 heterocycles. The van der Waals surface area contributed by atoms with Gasteiger partial charge < -0.3 is 15.0 Å². The van der Waals surface area contributed by atoms with E-state index in [0.29, 0.717) is 0 Å². The van der Waals surface area contributed by atoms with E-state index in [1.807, 2.05) is 12.1 Å². The van der Waals surface area contributed by atoms with Gasteiger partial charge in [-0.05, 0) is 62.6 Å². The molecule has 0 amide bonds. The van der Waals surface area contributed by atoms with Gasteiger partial charge in [0.05, 0.1) is 6.54 Å². The number of nitrogens with zero attached hydrogens (tertiary/aromatic N) is 2. The lowest BCUT2D eigenvalue weighted by Crippen LogP contribution is -2.40. The normalized spacial score (nSPS) is 19.3. The molecule has 1 aromatic rings. The number of nitrogens with one attached hydrogen (secondary N) is 1. The van der Waals surface area contributed by atoms with Gasteiger partial charge in [-0.3, -0.25) is 4.99 Å². The van der Waals surface area contributed by atoms with E-state index >= 15 is 0 Å². The topological polar surface area (TPSA) is 36.9 Å². The molecule has 2 fully saturated rings. The van der Waals surface area contributed by atoms with Crippen molar-refractivity contribution in [3.05, 3.63) is 34.9 Å². The summed E-state index contributed by atoms with van der Waals surface area (Å²) in [4.78, 5) is 7.27. The molecule has 1 aromatic carbocycles. The van der Waals surface area contributed by atoms with Crippen molar-refractivity contribution in [2.75, 3.05) is 39.9 Å². The van der Waals surface area contributed by atoms with E-state index in [-0.39, 0.29) is 29.4 Å². The maximum absolute atomic E-state index is 6.04. The average molecular weight is 506 g/mol. The van der Waals surface area contributed by atoms with Gasteiger partial charge in [0, 0.05) is 43.8 Å². The SMILES string of the molecule is CCNC(=NCC1(c2ccc(Cl)cc2)CC1)N(C)CCC1CCOCC1.I. The van der Waals surface area contributed by atoms with Gasteiger partial charge in [-0.1, -0.05) is 23.7 Å². The zero-order valence-electron chi connectivity index (χ0n) is 16.5. The summed E-state index contributed by atoms with van der Waals surface area (Å²) in [5.41, 5.74) is 1.58. The number of rotatable bonds is 7. The van der Waals surface area contributed by atoms with Crippen molar-refractivity contribution in [3.8, 4) is 0 Å². The third kappa shape index (κ3) is 6.50. The Bertz CT molecular complexity index is 598. The lowest BCUT2D eigenvalue weighted by atomic mass is 9.96. The fourth-order valence-electron chi connectivity index (χ4n) is 3.71. The molecule has 1 saturated heterocycles. The number of aliphatic imine (C=N–C) groups is 1. The second-order valence-corrected chi connectivity index (χ2v) is 8.16. The molecule has 0 bridgehead atoms. The minimum atomic E-state index is 0. The Hall–Kier alpha value is -0.530. The van der Waals surface area contributed by atoms with E-state index in [4.69, 9.17) is 21.3 Å². The smallest absolute Gasteiger partial charge is 0.193 e. The highest BCUT2D eigenvalue weighted by atomic mass is 127. The minimum Gasteiger partial charge on any atom is -0.381 e. The Labute approximate surface area is 186 Å². The molecule has 1 N–H and O–H groups in total. The van der Waals surface area contributed by atoms with Crippen LogP contribution in [0.2, 0.25) is 5.02 Å². The molecule has 1 aliphatic heterocycles. The summed E-state index contributed by atoms with van der Waals surface area (Å²) in [6.45, 7) is 6.77. The zero-order chi connectivity index (χ0) is 18.4. The second kappa shape index (κ2) is 10.9. The van der Waals surface area contributed by atoms with Gasteiger partial charge in [-0.25, -0.2) is 0 Å². The van der Waals surface area contributed by atoms with Crippen LogP contribution in [0.25, 0.3) is 0 Å². The largest absolute Gasteiger partial charge is 0.381 e. The van der Waals surface area contributed by atoms with E-state index < -0.39 is 0 Å². The molecule has 1 aliphatic carbocycles. The van der Waals surface area contributed by atoms with Crippen molar-refractivity contribution in [2.45, 2.75) is 44.4 Å². The third-order valence-electron chi connectivity index (χ3n) is 5.75. The molecule has 2 aliphatic rings. The summed E-state index contributed by atoms with van der Waals surface area (Å²) in [5.74, 6) is 1.82. The molecule has 0 atom stereocenters. The van der Waals surface area contributed by atoms with Gasteiger partial charge in [-0.2, -0.15) is 0 Å². The van der Waals surface area contributed by atoms with Crippen LogP contribution in [-0.2, 0) is 10.2 Å². The quantitative estimate of drug-likeness (QED) is 0.331. The Balaban J connectivity index is 0.00000261. The number of benzene rings is 1. The maximum atomic E-state index is 6.04. The van der Waals surface area contributed by atoms with Crippen LogP contribution in [-0.4, -0.2) is 50.8 Å². The summed E-state index contributed by atoms with van der Waals surface area (Å²) in [5, 5.41) is 4.26. The van der Waals surface area contributed by atoms with Crippen LogP contribution >= 0.6 is 35.6 Å². The highest BCUT2D eigenvalue weighted by Crippen LogP contribution is 2.48. The van der Waals surface area contributed by atoms with E-state index in [2.05, 4.69) is 36.3 Å². The van der Waals surface area contributed by atoms with E-state index in [0.717, 1.165) is 49.7 Å². The lowest BCUT2D eigenvalue weighted by Gasteiger charge is -2.27. The number of halogens is 2. The van der Waals surface area contributed by atoms with Gasteiger partial charge in [0.25, 0.3) is 0 Å². The molecule has 1 saturated carbocycles. The number of hydrogen-bond acceptors (Lipinski definition) is 2. The van der Waals surface area contributed by atoms with Gasteiger partial charge in [-0.15, -0.1) is 24.0 Å². The van der Waals surface area contributed by atoms with Crippen molar-refractivity contribution in [1.82, 2.24) is 10.2 Å². The molecule has 6 heteroatoms. The molecular weight excluding hydrogens is 473 g/mol. The Morgan fingerprint density at radius 3 is 2.52 bits per heavy atom. The molecule has 0 radical (unpaired) electrons. The lowest BCUT2D eigenvalue weighted by molar-refractivity contribution is 0.0625. The van der Waals surface area contributed by atoms with Crippen LogP contribution in [0.4, 0.5) is 0 Å². The van der Waals surface area contributed by atoms with Crippen LogP contribution in [0.3, 0.4) is 0 Å². The zero-order valence-corrected chi connectivity index (χ0v) is 19.6. The first-order chi connectivity index (χ1) is 12.6. The second-order valence-electron chi connectivity index (χ2n) is 7.72. The highest BCUT2D eigenvalue weighted by molar-refractivity contribution is 14.0. The third-order valence-corrected chi connectivity index (χ3v) is 6.00. The molecule has 3 rings (SSSR count). The fraction of sp³-hybridized carbons (Fsp3) is 0.667. The minimum absolute atomic E-state index is 0. The number of hydrogen-bond donors (Lipinski definition) is 1. The Kier molecular flexibility index (Phi) is 9.16. The Morgan fingerprint density at radius 2 is 1.93 bits per heavy atom. The van der Waals surface area contributed by atoms with Crippen LogP contribution in [0.5, 0.6) is 0 Å². The first kappa shape index (κ1) is 22.8. The molecule has 27 heavy (non-hydrogen) atoms. The Morgan fingerprint density at radius 1 is 1.26 bits per heavy atom. The van der Waals surface area contributed by atoms with Crippen LogP contribution < -0.4 is 5.32 Å². The highest BCUT2D eigenvalue weighted by Gasteiger charge is 2.44. The summed E-state index contributed by atoms with van der Waals surface area (Å²) < 4.78 is 5.47. The maximum Gasteiger partial charge on any atom is 0.193 e.